The summed E-state index contributed by atoms with van der Waals surface area (Å²) >= 11 is 5.16. The van der Waals surface area contributed by atoms with Crippen LogP contribution in [0.2, 0.25) is 0 Å². The first kappa shape index (κ1) is 16.0. The van der Waals surface area contributed by atoms with E-state index in [-0.39, 0.29) is 10.9 Å². The van der Waals surface area contributed by atoms with Crippen LogP contribution in [-0.2, 0) is 0 Å². The molecule has 0 radical (unpaired) electrons. The van der Waals surface area contributed by atoms with Crippen LogP contribution in [0.15, 0.2) is 48.5 Å². The summed E-state index contributed by atoms with van der Waals surface area (Å²) in [7, 11) is 1.58. The quantitative estimate of drug-likeness (QED) is 0.810. The molecule has 2 rings (SSSR count). The summed E-state index contributed by atoms with van der Waals surface area (Å²) in [5.74, 6) is 0.747. The van der Waals surface area contributed by atoms with Gasteiger partial charge in [-0.2, -0.15) is 8.78 Å². The normalized spacial score (nSPS) is 10.2. The minimum atomic E-state index is -2.90. The minimum absolute atomic E-state index is 0.0244. The number of nitrogens with one attached hydrogen (secondary N) is 2. The van der Waals surface area contributed by atoms with Crippen LogP contribution >= 0.6 is 12.2 Å². The molecular formula is C15H14F2N2O2S. The van der Waals surface area contributed by atoms with Gasteiger partial charge in [-0.3, -0.25) is 0 Å². The van der Waals surface area contributed by atoms with Crippen LogP contribution in [-0.4, -0.2) is 18.8 Å². The maximum absolute atomic E-state index is 12.3. The molecule has 0 bridgehead atoms. The number of alkyl halides is 2. The van der Waals surface area contributed by atoms with E-state index in [1.54, 1.807) is 49.6 Å². The monoisotopic (exact) mass is 324 g/mol. The van der Waals surface area contributed by atoms with Crippen LogP contribution in [0, 0.1) is 0 Å². The molecule has 0 aromatic heterocycles. The predicted molar refractivity (Wildman–Crippen MR) is 85.9 cm³/mol. The lowest BCUT2D eigenvalue weighted by molar-refractivity contribution is -0.0493. The van der Waals surface area contributed by atoms with Crippen molar-refractivity contribution in [3.63, 3.8) is 0 Å². The Labute approximate surface area is 132 Å². The van der Waals surface area contributed by atoms with E-state index in [2.05, 4.69) is 15.4 Å². The Morgan fingerprint density at radius 2 is 1.73 bits per heavy atom. The summed E-state index contributed by atoms with van der Waals surface area (Å²) in [6.07, 6.45) is 0. The third-order valence-electron chi connectivity index (χ3n) is 2.70. The topological polar surface area (TPSA) is 42.5 Å². The Balaban J connectivity index is 2.02. The average Bonchev–Trinajstić information content (AvgIpc) is 2.49. The first-order valence-corrected chi connectivity index (χ1v) is 6.75. The van der Waals surface area contributed by atoms with E-state index in [0.717, 1.165) is 11.4 Å². The largest absolute Gasteiger partial charge is 0.497 e. The van der Waals surface area contributed by atoms with Gasteiger partial charge in [0.1, 0.15) is 11.5 Å². The molecule has 0 aliphatic carbocycles. The van der Waals surface area contributed by atoms with Crippen LogP contribution in [0.4, 0.5) is 20.2 Å². The van der Waals surface area contributed by atoms with Gasteiger partial charge in [-0.25, -0.2) is 0 Å². The number of hydrogen-bond donors (Lipinski definition) is 2. The fourth-order valence-corrected chi connectivity index (χ4v) is 1.96. The van der Waals surface area contributed by atoms with Crippen molar-refractivity contribution < 1.29 is 18.3 Å². The van der Waals surface area contributed by atoms with E-state index in [1.165, 1.54) is 6.07 Å². The van der Waals surface area contributed by atoms with Crippen molar-refractivity contribution in [2.75, 3.05) is 17.7 Å². The van der Waals surface area contributed by atoms with Gasteiger partial charge in [0.15, 0.2) is 5.11 Å². The Bertz CT molecular complexity index is 636. The van der Waals surface area contributed by atoms with Crippen molar-refractivity contribution >= 4 is 28.7 Å². The van der Waals surface area contributed by atoms with Crippen molar-refractivity contribution in [1.29, 1.82) is 0 Å². The van der Waals surface area contributed by atoms with Crippen molar-refractivity contribution in [2.24, 2.45) is 0 Å². The van der Waals surface area contributed by atoms with Gasteiger partial charge >= 0.3 is 6.61 Å². The van der Waals surface area contributed by atoms with Crippen LogP contribution in [0.5, 0.6) is 11.5 Å². The fraction of sp³-hybridized carbons (Fsp3) is 0.133. The first-order valence-electron chi connectivity index (χ1n) is 6.34. The summed E-state index contributed by atoms with van der Waals surface area (Å²) in [5.41, 5.74) is 1.10. The number of thiocarbonyl (C=S) groups is 1. The number of para-hydroxylation sites is 2. The van der Waals surface area contributed by atoms with E-state index in [0.29, 0.717) is 5.69 Å². The summed E-state index contributed by atoms with van der Waals surface area (Å²) in [4.78, 5) is 0. The van der Waals surface area contributed by atoms with Gasteiger partial charge in [0.25, 0.3) is 0 Å². The van der Waals surface area contributed by atoms with Gasteiger partial charge in [0.05, 0.1) is 12.8 Å². The Hall–Kier alpha value is -2.41. The van der Waals surface area contributed by atoms with Crippen molar-refractivity contribution in [1.82, 2.24) is 0 Å². The van der Waals surface area contributed by atoms with E-state index in [4.69, 9.17) is 17.0 Å². The summed E-state index contributed by atoms with van der Waals surface area (Å²) in [5, 5.41) is 6.03. The second-order valence-electron chi connectivity index (χ2n) is 4.18. The maximum atomic E-state index is 12.3. The predicted octanol–water partition coefficient (Wildman–Crippen LogP) is 4.11. The van der Waals surface area contributed by atoms with E-state index >= 15 is 0 Å². The van der Waals surface area contributed by atoms with Crippen LogP contribution in [0.25, 0.3) is 0 Å². The third kappa shape index (κ3) is 4.56. The Morgan fingerprint density at radius 1 is 1.05 bits per heavy atom. The highest BCUT2D eigenvalue weighted by Crippen LogP contribution is 2.25. The molecule has 116 valence electrons. The van der Waals surface area contributed by atoms with Gasteiger partial charge in [0.2, 0.25) is 0 Å². The number of halogens is 2. The van der Waals surface area contributed by atoms with Gasteiger partial charge in [-0.15, -0.1) is 0 Å². The molecule has 0 unspecified atom stereocenters. The standard InChI is InChI=1S/C15H14F2N2O2S/c1-20-11-8-6-10(7-9-11)18-15(22)19-12-4-2-3-5-13(12)21-14(16)17/h2-9,14H,1H3,(H2,18,19,22). The molecule has 0 atom stereocenters. The minimum Gasteiger partial charge on any atom is -0.497 e. The molecule has 0 saturated heterocycles. The van der Waals surface area contributed by atoms with Gasteiger partial charge in [-0.05, 0) is 48.6 Å². The molecule has 0 aliphatic rings. The zero-order chi connectivity index (χ0) is 15.9. The number of rotatable bonds is 5. The Morgan fingerprint density at radius 3 is 2.36 bits per heavy atom. The third-order valence-corrected chi connectivity index (χ3v) is 2.90. The lowest BCUT2D eigenvalue weighted by Gasteiger charge is -2.14. The lowest BCUT2D eigenvalue weighted by Crippen LogP contribution is -2.19. The van der Waals surface area contributed by atoms with E-state index in [1.807, 2.05) is 0 Å². The van der Waals surface area contributed by atoms with Crippen molar-refractivity contribution in [3.05, 3.63) is 48.5 Å². The average molecular weight is 324 g/mol. The summed E-state index contributed by atoms with van der Waals surface area (Å²) < 4.78 is 34.2. The molecule has 22 heavy (non-hydrogen) atoms. The molecule has 0 aliphatic heterocycles. The van der Waals surface area contributed by atoms with E-state index in [9.17, 15) is 8.78 Å². The number of benzene rings is 2. The molecule has 2 aromatic rings. The van der Waals surface area contributed by atoms with Crippen molar-refractivity contribution in [2.45, 2.75) is 6.61 Å². The molecule has 2 aromatic carbocycles. The second-order valence-corrected chi connectivity index (χ2v) is 4.59. The molecular weight excluding hydrogens is 310 g/mol. The fourth-order valence-electron chi connectivity index (χ4n) is 1.73. The van der Waals surface area contributed by atoms with Crippen molar-refractivity contribution in [3.8, 4) is 11.5 Å². The molecule has 4 nitrogen and oxygen atoms in total. The number of ether oxygens (including phenoxy) is 2. The zero-order valence-electron chi connectivity index (χ0n) is 11.7. The second kappa shape index (κ2) is 7.56. The maximum Gasteiger partial charge on any atom is 0.387 e. The number of methoxy groups -OCH3 is 1. The molecule has 0 amide bonds. The van der Waals surface area contributed by atoms with Gasteiger partial charge < -0.3 is 20.1 Å². The van der Waals surface area contributed by atoms with Crippen LogP contribution in [0.3, 0.4) is 0 Å². The molecule has 7 heteroatoms. The molecule has 0 heterocycles. The van der Waals surface area contributed by atoms with E-state index < -0.39 is 6.61 Å². The van der Waals surface area contributed by atoms with Gasteiger partial charge in [0, 0.05) is 5.69 Å². The highest BCUT2D eigenvalue weighted by atomic mass is 32.1. The smallest absolute Gasteiger partial charge is 0.387 e. The lowest BCUT2D eigenvalue weighted by atomic mass is 10.3. The highest BCUT2D eigenvalue weighted by molar-refractivity contribution is 7.80. The SMILES string of the molecule is COc1ccc(NC(=S)Nc2ccccc2OC(F)F)cc1. The molecule has 0 fully saturated rings. The molecule has 0 saturated carbocycles. The number of hydrogen-bond acceptors (Lipinski definition) is 3. The van der Waals surface area contributed by atoms with Crippen LogP contribution < -0.4 is 20.1 Å². The zero-order valence-corrected chi connectivity index (χ0v) is 12.5. The Kier molecular flexibility index (Phi) is 5.48. The highest BCUT2D eigenvalue weighted by Gasteiger charge is 2.10. The molecule has 0 spiro atoms. The van der Waals surface area contributed by atoms with Gasteiger partial charge in [-0.1, -0.05) is 12.1 Å². The molecule has 2 N–H and O–H groups in total. The summed E-state index contributed by atoms with van der Waals surface area (Å²) in [6.45, 7) is -2.90. The number of anilines is 2. The van der Waals surface area contributed by atoms with Crippen LogP contribution in [0.1, 0.15) is 0 Å². The summed E-state index contributed by atoms with van der Waals surface area (Å²) in [6, 6.07) is 13.4. The first-order chi connectivity index (χ1) is 10.6.